The summed E-state index contributed by atoms with van der Waals surface area (Å²) in [4.78, 5) is 2.32. The summed E-state index contributed by atoms with van der Waals surface area (Å²) < 4.78 is 6.23. The fraction of sp³-hybridized carbons (Fsp3) is 1.00. The van der Waals surface area contributed by atoms with Gasteiger partial charge in [-0.05, 0) is 47.1 Å². The van der Waals surface area contributed by atoms with Gasteiger partial charge < -0.3 is 4.74 Å². The van der Waals surface area contributed by atoms with E-state index in [2.05, 4.69) is 60.4 Å². The molecule has 15 heavy (non-hydrogen) atoms. The van der Waals surface area contributed by atoms with Crippen LogP contribution in [0.5, 0.6) is 0 Å². The standard InChI is InChI=1S/C13H29NO/c1-9-10-14(8)13(7,11(2)3)15-12(4,5)6/h11H,9-10H2,1-8H3. The van der Waals surface area contributed by atoms with Gasteiger partial charge in [0.1, 0.15) is 5.72 Å². The molecule has 0 aromatic rings. The first-order valence-corrected chi connectivity index (χ1v) is 6.05. The maximum atomic E-state index is 6.23. The third-order valence-electron chi connectivity index (χ3n) is 2.90. The number of hydrogen-bond donors (Lipinski definition) is 0. The summed E-state index contributed by atoms with van der Waals surface area (Å²) >= 11 is 0. The van der Waals surface area contributed by atoms with Crippen LogP contribution in [0.15, 0.2) is 0 Å². The van der Waals surface area contributed by atoms with E-state index in [0.29, 0.717) is 5.92 Å². The van der Waals surface area contributed by atoms with Crippen LogP contribution in [0.4, 0.5) is 0 Å². The van der Waals surface area contributed by atoms with E-state index in [0.717, 1.165) is 13.0 Å². The molecule has 0 aromatic carbocycles. The Morgan fingerprint density at radius 2 is 1.60 bits per heavy atom. The lowest BCUT2D eigenvalue weighted by molar-refractivity contribution is -0.218. The van der Waals surface area contributed by atoms with Crippen molar-refractivity contribution in [1.29, 1.82) is 0 Å². The quantitative estimate of drug-likeness (QED) is 0.651. The highest BCUT2D eigenvalue weighted by molar-refractivity contribution is 4.81. The lowest BCUT2D eigenvalue weighted by Crippen LogP contribution is -2.54. The lowest BCUT2D eigenvalue weighted by atomic mass is 9.98. The lowest BCUT2D eigenvalue weighted by Gasteiger charge is -2.46. The van der Waals surface area contributed by atoms with Gasteiger partial charge in [-0.1, -0.05) is 20.8 Å². The molecule has 0 saturated carbocycles. The van der Waals surface area contributed by atoms with E-state index in [-0.39, 0.29) is 11.3 Å². The minimum atomic E-state index is -0.172. The fourth-order valence-corrected chi connectivity index (χ4v) is 1.81. The number of ether oxygens (including phenoxy) is 1. The second-order valence-corrected chi connectivity index (χ2v) is 5.85. The van der Waals surface area contributed by atoms with Gasteiger partial charge in [-0.15, -0.1) is 0 Å². The summed E-state index contributed by atoms with van der Waals surface area (Å²) in [6.45, 7) is 16.3. The molecule has 0 rings (SSSR count). The molecule has 0 aliphatic rings. The van der Waals surface area contributed by atoms with E-state index in [1.165, 1.54) is 0 Å². The van der Waals surface area contributed by atoms with Crippen LogP contribution in [0.3, 0.4) is 0 Å². The van der Waals surface area contributed by atoms with E-state index in [9.17, 15) is 0 Å². The van der Waals surface area contributed by atoms with Gasteiger partial charge in [0.05, 0.1) is 5.60 Å². The second kappa shape index (κ2) is 5.31. The van der Waals surface area contributed by atoms with Gasteiger partial charge >= 0.3 is 0 Å². The molecule has 0 fully saturated rings. The van der Waals surface area contributed by atoms with Crippen LogP contribution < -0.4 is 0 Å². The SMILES string of the molecule is CCCN(C)C(C)(OC(C)(C)C)C(C)C. The first kappa shape index (κ1) is 14.9. The summed E-state index contributed by atoms with van der Waals surface area (Å²) in [5.41, 5.74) is -0.269. The Labute approximate surface area is 96.0 Å². The number of hydrogen-bond acceptors (Lipinski definition) is 2. The second-order valence-electron chi connectivity index (χ2n) is 5.85. The Balaban J connectivity index is 4.74. The van der Waals surface area contributed by atoms with Gasteiger partial charge in [-0.3, -0.25) is 4.90 Å². The highest BCUT2D eigenvalue weighted by Crippen LogP contribution is 2.30. The molecular weight excluding hydrogens is 186 g/mol. The molecule has 0 saturated heterocycles. The first-order valence-electron chi connectivity index (χ1n) is 6.05. The van der Waals surface area contributed by atoms with Crippen molar-refractivity contribution >= 4 is 0 Å². The molecule has 0 heterocycles. The molecule has 2 nitrogen and oxygen atoms in total. The van der Waals surface area contributed by atoms with Crippen molar-refractivity contribution in [2.24, 2.45) is 5.92 Å². The fourth-order valence-electron chi connectivity index (χ4n) is 1.81. The number of nitrogens with zero attached hydrogens (tertiary/aromatic N) is 1. The summed E-state index contributed by atoms with van der Waals surface area (Å²) in [6, 6.07) is 0. The van der Waals surface area contributed by atoms with Gasteiger partial charge in [-0.2, -0.15) is 0 Å². The van der Waals surface area contributed by atoms with Crippen molar-refractivity contribution in [1.82, 2.24) is 4.90 Å². The van der Waals surface area contributed by atoms with E-state index >= 15 is 0 Å². The van der Waals surface area contributed by atoms with Crippen molar-refractivity contribution in [3.05, 3.63) is 0 Å². The molecule has 0 spiro atoms. The summed E-state index contributed by atoms with van der Waals surface area (Å²) in [5, 5.41) is 0. The predicted octanol–water partition coefficient (Wildman–Crippen LogP) is 3.52. The van der Waals surface area contributed by atoms with Crippen LogP contribution >= 0.6 is 0 Å². The molecule has 0 N–H and O–H groups in total. The highest BCUT2D eigenvalue weighted by Gasteiger charge is 2.37. The molecule has 0 bridgehead atoms. The van der Waals surface area contributed by atoms with E-state index < -0.39 is 0 Å². The first-order chi connectivity index (χ1) is 6.63. The Morgan fingerprint density at radius 3 is 1.87 bits per heavy atom. The van der Waals surface area contributed by atoms with Crippen LogP contribution in [0.2, 0.25) is 0 Å². The zero-order valence-electron chi connectivity index (χ0n) is 11.8. The summed E-state index contributed by atoms with van der Waals surface area (Å²) in [6.07, 6.45) is 1.16. The third kappa shape index (κ3) is 4.52. The topological polar surface area (TPSA) is 12.5 Å². The molecular formula is C13H29NO. The minimum Gasteiger partial charge on any atom is -0.355 e. The molecule has 92 valence electrons. The average molecular weight is 215 g/mol. The van der Waals surface area contributed by atoms with Gasteiger partial charge in [0.15, 0.2) is 0 Å². The summed E-state index contributed by atoms with van der Waals surface area (Å²) in [7, 11) is 2.15. The Bertz CT molecular complexity index is 183. The van der Waals surface area contributed by atoms with E-state index in [4.69, 9.17) is 4.74 Å². The normalized spacial score (nSPS) is 17.2. The van der Waals surface area contributed by atoms with E-state index in [1.807, 2.05) is 0 Å². The monoisotopic (exact) mass is 215 g/mol. The Hall–Kier alpha value is -0.0800. The molecule has 0 amide bonds. The maximum Gasteiger partial charge on any atom is 0.121 e. The molecule has 1 atom stereocenters. The molecule has 0 aromatic heterocycles. The zero-order valence-corrected chi connectivity index (χ0v) is 11.8. The highest BCUT2D eigenvalue weighted by atomic mass is 16.5. The van der Waals surface area contributed by atoms with Crippen LogP contribution in [0.25, 0.3) is 0 Å². The average Bonchev–Trinajstić information content (AvgIpc) is 2.01. The van der Waals surface area contributed by atoms with Crippen LogP contribution in [-0.4, -0.2) is 29.8 Å². The van der Waals surface area contributed by atoms with Crippen molar-refractivity contribution < 1.29 is 4.74 Å². The van der Waals surface area contributed by atoms with Gasteiger partial charge in [0.2, 0.25) is 0 Å². The smallest absolute Gasteiger partial charge is 0.121 e. The Morgan fingerprint density at radius 1 is 1.13 bits per heavy atom. The molecule has 0 aliphatic heterocycles. The Kier molecular flexibility index (Phi) is 5.28. The maximum absolute atomic E-state index is 6.23. The number of rotatable bonds is 5. The third-order valence-corrected chi connectivity index (χ3v) is 2.90. The van der Waals surface area contributed by atoms with E-state index in [1.54, 1.807) is 0 Å². The molecule has 0 aliphatic carbocycles. The van der Waals surface area contributed by atoms with Crippen molar-refractivity contribution in [2.45, 2.75) is 66.2 Å². The molecule has 1 unspecified atom stereocenters. The largest absolute Gasteiger partial charge is 0.355 e. The van der Waals surface area contributed by atoms with Gasteiger partial charge in [-0.25, -0.2) is 0 Å². The molecule has 0 radical (unpaired) electrons. The summed E-state index contributed by atoms with van der Waals surface area (Å²) in [5.74, 6) is 0.480. The van der Waals surface area contributed by atoms with Gasteiger partial charge in [0.25, 0.3) is 0 Å². The van der Waals surface area contributed by atoms with Crippen molar-refractivity contribution in [3.63, 3.8) is 0 Å². The molecule has 2 heteroatoms. The van der Waals surface area contributed by atoms with Gasteiger partial charge in [0, 0.05) is 6.54 Å². The van der Waals surface area contributed by atoms with Crippen LogP contribution in [-0.2, 0) is 4.74 Å². The van der Waals surface area contributed by atoms with Crippen LogP contribution in [0, 0.1) is 5.92 Å². The van der Waals surface area contributed by atoms with Crippen LogP contribution in [0.1, 0.15) is 54.9 Å². The van der Waals surface area contributed by atoms with Crippen molar-refractivity contribution in [2.75, 3.05) is 13.6 Å². The zero-order chi connectivity index (χ0) is 12.3. The predicted molar refractivity (Wildman–Crippen MR) is 67.0 cm³/mol. The van der Waals surface area contributed by atoms with Crippen molar-refractivity contribution in [3.8, 4) is 0 Å². The minimum absolute atomic E-state index is 0.0962.